The van der Waals surface area contributed by atoms with Crippen molar-refractivity contribution in [2.45, 2.75) is 59.7 Å². The van der Waals surface area contributed by atoms with Crippen molar-refractivity contribution in [2.75, 3.05) is 6.61 Å². The van der Waals surface area contributed by atoms with E-state index in [1.165, 1.54) is 0 Å². The molecule has 1 aromatic heterocycles. The van der Waals surface area contributed by atoms with Crippen molar-refractivity contribution < 1.29 is 4.74 Å². The highest BCUT2D eigenvalue weighted by molar-refractivity contribution is 7.09. The first-order chi connectivity index (χ1) is 8.89. The van der Waals surface area contributed by atoms with E-state index in [1.54, 1.807) is 11.3 Å². The Morgan fingerprint density at radius 1 is 1.53 bits per heavy atom. The molecule has 0 bridgehead atoms. The Kier molecular flexibility index (Phi) is 4.64. The van der Waals surface area contributed by atoms with E-state index in [4.69, 9.17) is 4.74 Å². The molecule has 0 amide bonds. The average Bonchev–Trinajstić information content (AvgIpc) is 2.72. The van der Waals surface area contributed by atoms with Crippen molar-refractivity contribution in [3.63, 3.8) is 0 Å². The summed E-state index contributed by atoms with van der Waals surface area (Å²) < 4.78 is 5.99. The lowest BCUT2D eigenvalue weighted by Gasteiger charge is -2.52. The summed E-state index contributed by atoms with van der Waals surface area (Å²) in [5.41, 5.74) is 1.38. The van der Waals surface area contributed by atoms with Gasteiger partial charge in [0.1, 0.15) is 0 Å². The van der Waals surface area contributed by atoms with Crippen molar-refractivity contribution in [3.8, 4) is 0 Å². The van der Waals surface area contributed by atoms with Crippen LogP contribution in [-0.2, 0) is 11.3 Å². The molecule has 1 heterocycles. The lowest BCUT2D eigenvalue weighted by molar-refractivity contribution is -0.124. The Labute approximate surface area is 120 Å². The zero-order valence-electron chi connectivity index (χ0n) is 12.7. The van der Waals surface area contributed by atoms with E-state index in [1.807, 2.05) is 0 Å². The summed E-state index contributed by atoms with van der Waals surface area (Å²) in [4.78, 5) is 4.49. The van der Waals surface area contributed by atoms with E-state index in [0.717, 1.165) is 30.3 Å². The quantitative estimate of drug-likeness (QED) is 0.868. The minimum absolute atomic E-state index is 0.222. The van der Waals surface area contributed by atoms with Crippen LogP contribution in [0.5, 0.6) is 0 Å². The van der Waals surface area contributed by atoms with Gasteiger partial charge in [0.05, 0.1) is 16.8 Å². The molecule has 108 valence electrons. The number of aryl methyl sites for hydroxylation is 1. The zero-order chi connectivity index (χ0) is 14.0. The molecule has 1 aliphatic rings. The Morgan fingerprint density at radius 3 is 2.79 bits per heavy atom. The van der Waals surface area contributed by atoms with Gasteiger partial charge in [0.15, 0.2) is 0 Å². The maximum Gasteiger partial charge on any atom is 0.0897 e. The van der Waals surface area contributed by atoms with Crippen molar-refractivity contribution in [1.82, 2.24) is 10.3 Å². The lowest BCUT2D eigenvalue weighted by atomic mass is 9.64. The molecule has 1 aromatic rings. The summed E-state index contributed by atoms with van der Waals surface area (Å²) >= 11 is 1.72. The number of ether oxygens (including phenoxy) is 1. The maximum atomic E-state index is 5.99. The number of hydrogen-bond acceptors (Lipinski definition) is 4. The van der Waals surface area contributed by atoms with Crippen molar-refractivity contribution in [2.24, 2.45) is 11.3 Å². The van der Waals surface area contributed by atoms with Crippen LogP contribution in [-0.4, -0.2) is 23.7 Å². The average molecular weight is 282 g/mol. The Balaban J connectivity index is 1.77. The van der Waals surface area contributed by atoms with Crippen LogP contribution in [0.3, 0.4) is 0 Å². The minimum Gasteiger partial charge on any atom is -0.377 e. The van der Waals surface area contributed by atoms with Crippen LogP contribution in [0.4, 0.5) is 0 Å². The van der Waals surface area contributed by atoms with E-state index < -0.39 is 0 Å². The molecule has 3 nitrogen and oxygen atoms in total. The van der Waals surface area contributed by atoms with Gasteiger partial charge in [-0.15, -0.1) is 11.3 Å². The van der Waals surface area contributed by atoms with Gasteiger partial charge >= 0.3 is 0 Å². The second kappa shape index (κ2) is 5.90. The van der Waals surface area contributed by atoms with Gasteiger partial charge in [0, 0.05) is 30.0 Å². The van der Waals surface area contributed by atoms with E-state index in [0.29, 0.717) is 18.1 Å². The fourth-order valence-corrected chi connectivity index (χ4v) is 3.15. The zero-order valence-corrected chi connectivity index (χ0v) is 13.5. The first-order valence-corrected chi connectivity index (χ1v) is 8.03. The SMILES string of the molecule is Cc1nc(CNC2CC(OCC(C)C)C2(C)C)cs1. The van der Waals surface area contributed by atoms with Gasteiger partial charge in [-0.3, -0.25) is 0 Å². The molecule has 19 heavy (non-hydrogen) atoms. The number of nitrogens with zero attached hydrogens (tertiary/aromatic N) is 1. The number of rotatable bonds is 6. The highest BCUT2D eigenvalue weighted by Gasteiger charge is 2.48. The highest BCUT2D eigenvalue weighted by Crippen LogP contribution is 2.43. The molecule has 0 aromatic carbocycles. The molecule has 0 saturated heterocycles. The Morgan fingerprint density at radius 2 is 2.26 bits per heavy atom. The molecule has 0 spiro atoms. The van der Waals surface area contributed by atoms with Gasteiger partial charge < -0.3 is 10.1 Å². The highest BCUT2D eigenvalue weighted by atomic mass is 32.1. The first kappa shape index (κ1) is 14.9. The number of aromatic nitrogens is 1. The van der Waals surface area contributed by atoms with Gasteiger partial charge in [0.2, 0.25) is 0 Å². The molecule has 2 rings (SSSR count). The molecule has 1 saturated carbocycles. The monoisotopic (exact) mass is 282 g/mol. The standard InChI is InChI=1S/C15H26N2OS/c1-10(2)8-18-14-6-13(15(14,4)5)16-7-12-9-19-11(3)17-12/h9-10,13-14,16H,6-8H2,1-5H3. The summed E-state index contributed by atoms with van der Waals surface area (Å²) in [6.07, 6.45) is 1.51. The summed E-state index contributed by atoms with van der Waals surface area (Å²) in [5, 5.41) is 6.90. The van der Waals surface area contributed by atoms with Gasteiger partial charge in [-0.05, 0) is 19.3 Å². The normalized spacial score (nSPS) is 25.6. The molecule has 0 radical (unpaired) electrons. The molecule has 2 unspecified atom stereocenters. The van der Waals surface area contributed by atoms with E-state index in [9.17, 15) is 0 Å². The third-order valence-corrected chi connectivity index (χ3v) is 4.83. The second-order valence-electron chi connectivity index (χ2n) is 6.56. The van der Waals surface area contributed by atoms with Crippen LogP contribution in [0.1, 0.15) is 44.8 Å². The van der Waals surface area contributed by atoms with Crippen LogP contribution in [0, 0.1) is 18.3 Å². The van der Waals surface area contributed by atoms with E-state index in [-0.39, 0.29) is 5.41 Å². The van der Waals surface area contributed by atoms with Crippen LogP contribution < -0.4 is 5.32 Å². The third-order valence-electron chi connectivity index (χ3n) is 4.00. The predicted molar refractivity (Wildman–Crippen MR) is 80.5 cm³/mol. The summed E-state index contributed by atoms with van der Waals surface area (Å²) in [5.74, 6) is 0.612. The molecule has 4 heteroatoms. The molecule has 2 atom stereocenters. The van der Waals surface area contributed by atoms with Gasteiger partial charge in [-0.1, -0.05) is 27.7 Å². The van der Waals surface area contributed by atoms with Crippen LogP contribution >= 0.6 is 11.3 Å². The molecule has 1 fully saturated rings. The third kappa shape index (κ3) is 3.56. The fraction of sp³-hybridized carbons (Fsp3) is 0.800. The van der Waals surface area contributed by atoms with Crippen molar-refractivity contribution >= 4 is 11.3 Å². The van der Waals surface area contributed by atoms with Gasteiger partial charge in [0.25, 0.3) is 0 Å². The Bertz CT molecular complexity index is 414. The number of nitrogens with one attached hydrogen (secondary N) is 1. The van der Waals surface area contributed by atoms with Crippen LogP contribution in [0.2, 0.25) is 0 Å². The van der Waals surface area contributed by atoms with E-state index in [2.05, 4.69) is 50.3 Å². The number of thiazole rings is 1. The largest absolute Gasteiger partial charge is 0.377 e. The molecule has 1 aliphatic carbocycles. The molecule has 0 aliphatic heterocycles. The van der Waals surface area contributed by atoms with Crippen molar-refractivity contribution in [3.05, 3.63) is 16.1 Å². The fourth-order valence-electron chi connectivity index (χ4n) is 2.54. The maximum absolute atomic E-state index is 5.99. The Hall–Kier alpha value is -0.450. The smallest absolute Gasteiger partial charge is 0.0897 e. The minimum atomic E-state index is 0.222. The van der Waals surface area contributed by atoms with Gasteiger partial charge in [-0.25, -0.2) is 4.98 Å². The van der Waals surface area contributed by atoms with Crippen molar-refractivity contribution in [1.29, 1.82) is 0 Å². The predicted octanol–water partition coefficient (Wildman–Crippen LogP) is 3.38. The molecular formula is C15H26N2OS. The van der Waals surface area contributed by atoms with Crippen LogP contribution in [0.25, 0.3) is 0 Å². The topological polar surface area (TPSA) is 34.2 Å². The summed E-state index contributed by atoms with van der Waals surface area (Å²) in [6, 6.07) is 0.534. The first-order valence-electron chi connectivity index (χ1n) is 7.15. The van der Waals surface area contributed by atoms with Gasteiger partial charge in [-0.2, -0.15) is 0 Å². The summed E-state index contributed by atoms with van der Waals surface area (Å²) in [7, 11) is 0. The number of hydrogen-bond donors (Lipinski definition) is 1. The lowest BCUT2D eigenvalue weighted by Crippen LogP contribution is -2.60. The summed E-state index contributed by atoms with van der Waals surface area (Å²) in [6.45, 7) is 12.8. The van der Waals surface area contributed by atoms with E-state index >= 15 is 0 Å². The molecule has 1 N–H and O–H groups in total. The second-order valence-corrected chi connectivity index (χ2v) is 7.63. The van der Waals surface area contributed by atoms with Crippen LogP contribution in [0.15, 0.2) is 5.38 Å². The molecular weight excluding hydrogens is 256 g/mol.